The molecule has 2 nitrogen and oxygen atoms in total. The second-order valence-corrected chi connectivity index (χ2v) is 7.73. The van der Waals surface area contributed by atoms with Crippen LogP contribution in [0.2, 0.25) is 0 Å². The molecule has 4 aromatic rings. The molecule has 148 valence electrons. The predicted molar refractivity (Wildman–Crippen MR) is 120 cm³/mol. The van der Waals surface area contributed by atoms with E-state index in [2.05, 4.69) is 97.1 Å². The molecule has 1 heterocycles. The highest BCUT2D eigenvalue weighted by Crippen LogP contribution is 2.52. The summed E-state index contributed by atoms with van der Waals surface area (Å²) in [6, 6.07) is 38.0. The van der Waals surface area contributed by atoms with E-state index in [0.717, 1.165) is 29.0 Å². The van der Waals surface area contributed by atoms with Crippen LogP contribution in [0.5, 0.6) is 11.5 Å². The van der Waals surface area contributed by atoms with Crippen LogP contribution in [0.3, 0.4) is 0 Å². The monoisotopic (exact) mass is 392 g/mol. The van der Waals surface area contributed by atoms with E-state index >= 15 is 0 Å². The van der Waals surface area contributed by atoms with Gasteiger partial charge < -0.3 is 9.47 Å². The molecule has 2 heteroatoms. The Hall–Kier alpha value is -3.52. The second kappa shape index (κ2) is 7.72. The minimum Gasteiger partial charge on any atom is -0.497 e. The summed E-state index contributed by atoms with van der Waals surface area (Å²) in [5.74, 6) is 1.89. The summed E-state index contributed by atoms with van der Waals surface area (Å²) in [6.45, 7) is 0. The summed E-state index contributed by atoms with van der Waals surface area (Å²) in [6.07, 6.45) is 0.824. The first kappa shape index (κ1) is 18.5. The maximum atomic E-state index is 6.91. The van der Waals surface area contributed by atoms with E-state index in [4.69, 9.17) is 9.47 Å². The molecule has 0 radical (unpaired) electrons. The predicted octanol–water partition coefficient (Wildman–Crippen LogP) is 6.55. The lowest BCUT2D eigenvalue weighted by molar-refractivity contribution is 0.0772. The largest absolute Gasteiger partial charge is 0.497 e. The third-order valence-corrected chi connectivity index (χ3v) is 6.05. The molecule has 5 rings (SSSR count). The first-order valence-electron chi connectivity index (χ1n) is 10.3. The molecule has 0 aliphatic carbocycles. The molecule has 30 heavy (non-hydrogen) atoms. The van der Waals surface area contributed by atoms with Gasteiger partial charge in [0.05, 0.1) is 7.11 Å². The number of fused-ring (bicyclic) bond motifs is 1. The van der Waals surface area contributed by atoms with Crippen molar-refractivity contribution in [3.8, 4) is 11.5 Å². The van der Waals surface area contributed by atoms with Gasteiger partial charge in [-0.1, -0.05) is 97.1 Å². The quantitative estimate of drug-likeness (QED) is 0.392. The number of ether oxygens (including phenoxy) is 2. The highest BCUT2D eigenvalue weighted by molar-refractivity contribution is 5.52. The lowest BCUT2D eigenvalue weighted by atomic mass is 9.72. The normalized spacial score (nSPS) is 16.9. The van der Waals surface area contributed by atoms with E-state index in [9.17, 15) is 0 Å². The maximum absolute atomic E-state index is 6.91. The zero-order valence-corrected chi connectivity index (χ0v) is 17.0. The van der Waals surface area contributed by atoms with Crippen LogP contribution in [0.25, 0.3) is 0 Å². The molecule has 1 aliphatic rings. The van der Waals surface area contributed by atoms with Crippen LogP contribution >= 0.6 is 0 Å². The molecular formula is C28H24O2. The average molecular weight is 392 g/mol. The maximum Gasteiger partial charge on any atom is 0.160 e. The van der Waals surface area contributed by atoms with Crippen molar-refractivity contribution in [3.63, 3.8) is 0 Å². The fraction of sp³-hybridized carbons (Fsp3) is 0.143. The lowest BCUT2D eigenvalue weighted by Crippen LogP contribution is -2.40. The minimum atomic E-state index is -0.581. The molecule has 0 aromatic heterocycles. The summed E-state index contributed by atoms with van der Waals surface area (Å²) in [5.41, 5.74) is 4.23. The van der Waals surface area contributed by atoms with Crippen molar-refractivity contribution < 1.29 is 9.47 Å². The first-order valence-corrected chi connectivity index (χ1v) is 10.3. The van der Waals surface area contributed by atoms with Gasteiger partial charge in [-0.25, -0.2) is 0 Å². The van der Waals surface area contributed by atoms with E-state index in [1.165, 1.54) is 11.1 Å². The van der Waals surface area contributed by atoms with Crippen molar-refractivity contribution in [1.82, 2.24) is 0 Å². The van der Waals surface area contributed by atoms with E-state index in [0.29, 0.717) is 0 Å². The van der Waals surface area contributed by atoms with Gasteiger partial charge in [0, 0.05) is 24.0 Å². The highest BCUT2D eigenvalue weighted by atomic mass is 16.5. The van der Waals surface area contributed by atoms with Crippen LogP contribution in [0, 0.1) is 0 Å². The Bertz CT molecular complexity index is 1080. The molecule has 0 saturated carbocycles. The van der Waals surface area contributed by atoms with Gasteiger partial charge in [0.25, 0.3) is 0 Å². The van der Waals surface area contributed by atoms with E-state index in [1.54, 1.807) is 7.11 Å². The van der Waals surface area contributed by atoms with Gasteiger partial charge in [0.2, 0.25) is 0 Å². The number of hydrogen-bond donors (Lipinski definition) is 0. The van der Waals surface area contributed by atoms with Gasteiger partial charge in [0.1, 0.15) is 11.5 Å². The molecule has 0 fully saturated rings. The molecule has 1 aliphatic heterocycles. The Labute approximate surface area is 177 Å². The molecule has 1 atom stereocenters. The molecule has 0 bridgehead atoms. The van der Waals surface area contributed by atoms with Crippen LogP contribution < -0.4 is 9.47 Å². The third-order valence-electron chi connectivity index (χ3n) is 6.05. The van der Waals surface area contributed by atoms with Crippen molar-refractivity contribution >= 4 is 0 Å². The second-order valence-electron chi connectivity index (χ2n) is 7.73. The van der Waals surface area contributed by atoms with Crippen LogP contribution in [0.15, 0.2) is 109 Å². The SMILES string of the molecule is COc1ccc2c(c1)OC(c1ccccc1)(c1ccccc1)CC2c1ccccc1. The molecule has 0 saturated heterocycles. The topological polar surface area (TPSA) is 18.5 Å². The van der Waals surface area contributed by atoms with Gasteiger partial charge in [-0.05, 0) is 22.8 Å². The average Bonchev–Trinajstić information content (AvgIpc) is 2.84. The lowest BCUT2D eigenvalue weighted by Gasteiger charge is -2.43. The zero-order valence-electron chi connectivity index (χ0n) is 17.0. The third kappa shape index (κ3) is 3.15. The fourth-order valence-corrected chi connectivity index (χ4v) is 4.56. The van der Waals surface area contributed by atoms with Crippen molar-refractivity contribution in [3.05, 3.63) is 131 Å². The summed E-state index contributed by atoms with van der Waals surface area (Å²) in [4.78, 5) is 0. The van der Waals surface area contributed by atoms with Crippen LogP contribution in [-0.2, 0) is 5.60 Å². The smallest absolute Gasteiger partial charge is 0.160 e. The van der Waals surface area contributed by atoms with Crippen molar-refractivity contribution in [2.75, 3.05) is 7.11 Å². The highest BCUT2D eigenvalue weighted by Gasteiger charge is 2.44. The van der Waals surface area contributed by atoms with E-state index < -0.39 is 5.60 Å². The summed E-state index contributed by atoms with van der Waals surface area (Å²) in [7, 11) is 1.70. The number of benzene rings is 4. The van der Waals surface area contributed by atoms with E-state index in [-0.39, 0.29) is 5.92 Å². The van der Waals surface area contributed by atoms with Crippen molar-refractivity contribution in [1.29, 1.82) is 0 Å². The molecule has 0 spiro atoms. The molecule has 4 aromatic carbocycles. The van der Waals surface area contributed by atoms with Gasteiger partial charge in [-0.15, -0.1) is 0 Å². The Morgan fingerprint density at radius 3 is 1.87 bits per heavy atom. The Morgan fingerprint density at radius 2 is 1.30 bits per heavy atom. The van der Waals surface area contributed by atoms with Gasteiger partial charge >= 0.3 is 0 Å². The fourth-order valence-electron chi connectivity index (χ4n) is 4.56. The van der Waals surface area contributed by atoms with Crippen LogP contribution in [0.4, 0.5) is 0 Å². The van der Waals surface area contributed by atoms with Crippen LogP contribution in [0.1, 0.15) is 34.6 Å². The molecular weight excluding hydrogens is 368 g/mol. The van der Waals surface area contributed by atoms with Gasteiger partial charge in [-0.2, -0.15) is 0 Å². The van der Waals surface area contributed by atoms with E-state index in [1.807, 2.05) is 12.1 Å². The summed E-state index contributed by atoms with van der Waals surface area (Å²) < 4.78 is 12.4. The number of hydrogen-bond acceptors (Lipinski definition) is 2. The van der Waals surface area contributed by atoms with Gasteiger partial charge in [-0.3, -0.25) is 0 Å². The van der Waals surface area contributed by atoms with Crippen LogP contribution in [-0.4, -0.2) is 7.11 Å². The minimum absolute atomic E-state index is 0.210. The molecule has 0 amide bonds. The molecule has 0 N–H and O–H groups in total. The Kier molecular flexibility index (Phi) is 4.76. The summed E-state index contributed by atoms with van der Waals surface area (Å²) in [5, 5.41) is 0. The summed E-state index contributed by atoms with van der Waals surface area (Å²) >= 11 is 0. The van der Waals surface area contributed by atoms with Gasteiger partial charge in [0.15, 0.2) is 5.60 Å². The van der Waals surface area contributed by atoms with Crippen molar-refractivity contribution in [2.24, 2.45) is 0 Å². The molecule has 1 unspecified atom stereocenters. The first-order chi connectivity index (χ1) is 14.8. The zero-order chi connectivity index (χ0) is 20.4. The number of rotatable bonds is 4. The standard InChI is InChI=1S/C28H24O2/c1-29-24-17-18-25-26(21-11-5-2-6-12-21)20-28(30-27(25)19-24,22-13-7-3-8-14-22)23-15-9-4-10-16-23/h2-19,26H,20H2,1H3. The number of methoxy groups -OCH3 is 1. The Morgan fingerprint density at radius 1 is 0.733 bits per heavy atom. The Balaban J connectivity index is 1.76. The van der Waals surface area contributed by atoms with Crippen molar-refractivity contribution in [2.45, 2.75) is 17.9 Å².